The Morgan fingerprint density at radius 1 is 1.21 bits per heavy atom. The van der Waals surface area contributed by atoms with E-state index in [1.165, 1.54) is 0 Å². The summed E-state index contributed by atoms with van der Waals surface area (Å²) in [6.45, 7) is 8.72. The highest BCUT2D eigenvalue weighted by atomic mass is 32.2. The summed E-state index contributed by atoms with van der Waals surface area (Å²) in [5.41, 5.74) is 0.0990. The normalized spacial score (nSPS) is 25.8. The molecule has 0 spiro atoms. The maximum atomic E-state index is 11.3. The van der Waals surface area contributed by atoms with E-state index in [-0.39, 0.29) is 5.41 Å². The van der Waals surface area contributed by atoms with E-state index in [1.54, 1.807) is 0 Å². The van der Waals surface area contributed by atoms with E-state index in [1.807, 2.05) is 0 Å². The third-order valence-electron chi connectivity index (χ3n) is 3.73. The number of rotatable bonds is 4. The van der Waals surface area contributed by atoms with Crippen LogP contribution in [0.25, 0.3) is 0 Å². The van der Waals surface area contributed by atoms with Crippen molar-refractivity contribution in [3.8, 4) is 0 Å². The van der Waals surface area contributed by atoms with Gasteiger partial charge in [-0.15, -0.1) is 0 Å². The van der Waals surface area contributed by atoms with E-state index in [9.17, 15) is 8.42 Å². The molecule has 1 saturated heterocycles. The van der Waals surface area contributed by atoms with Gasteiger partial charge in [0.25, 0.3) is 0 Å². The molecule has 0 aromatic heterocycles. The van der Waals surface area contributed by atoms with E-state index in [4.69, 9.17) is 0 Å². The largest absolute Gasteiger partial charge is 0.229 e. The molecule has 0 radical (unpaired) electrons. The molecule has 14 heavy (non-hydrogen) atoms. The molecule has 3 heteroatoms. The molecule has 0 bridgehead atoms. The molecule has 1 aliphatic rings. The molecule has 0 saturated carbocycles. The molecule has 1 fully saturated rings. The fourth-order valence-corrected chi connectivity index (χ4v) is 5.16. The Morgan fingerprint density at radius 3 is 2.00 bits per heavy atom. The summed E-state index contributed by atoms with van der Waals surface area (Å²) in [7, 11) is -2.69. The average Bonchev–Trinajstić information content (AvgIpc) is 1.99. The summed E-state index contributed by atoms with van der Waals surface area (Å²) in [6, 6.07) is 0. The predicted molar refractivity (Wildman–Crippen MR) is 60.0 cm³/mol. The second kappa shape index (κ2) is 3.84. The van der Waals surface area contributed by atoms with Crippen LogP contribution < -0.4 is 0 Å². The maximum absolute atomic E-state index is 11.3. The lowest BCUT2D eigenvalue weighted by atomic mass is 9.70. The standard InChI is InChI=1S/C11H22O2S/c1-5-6-11(10(4)9(2)3)7-14(12,13)8-11/h9-10H,5-8H2,1-4H3. The molecule has 0 amide bonds. The van der Waals surface area contributed by atoms with Crippen LogP contribution in [0.2, 0.25) is 0 Å². The van der Waals surface area contributed by atoms with E-state index < -0.39 is 9.84 Å². The molecule has 2 nitrogen and oxygen atoms in total. The lowest BCUT2D eigenvalue weighted by Gasteiger charge is -2.47. The minimum atomic E-state index is -2.69. The summed E-state index contributed by atoms with van der Waals surface area (Å²) in [5.74, 6) is 1.95. The van der Waals surface area contributed by atoms with Gasteiger partial charge in [0.15, 0.2) is 9.84 Å². The maximum Gasteiger partial charge on any atom is 0.151 e. The Kier molecular flexibility index (Phi) is 3.30. The van der Waals surface area contributed by atoms with Gasteiger partial charge >= 0.3 is 0 Å². The number of hydrogen-bond acceptors (Lipinski definition) is 2. The van der Waals surface area contributed by atoms with Crippen LogP contribution in [0, 0.1) is 17.3 Å². The van der Waals surface area contributed by atoms with E-state index >= 15 is 0 Å². The van der Waals surface area contributed by atoms with Crippen LogP contribution >= 0.6 is 0 Å². The van der Waals surface area contributed by atoms with E-state index in [0.29, 0.717) is 23.3 Å². The molecular weight excluding hydrogens is 196 g/mol. The zero-order valence-corrected chi connectivity index (χ0v) is 10.5. The molecule has 0 N–H and O–H groups in total. The van der Waals surface area contributed by atoms with Gasteiger partial charge in [-0.3, -0.25) is 0 Å². The summed E-state index contributed by atoms with van der Waals surface area (Å²) in [6.07, 6.45) is 2.15. The predicted octanol–water partition coefficient (Wildman–Crippen LogP) is 2.49. The molecule has 1 heterocycles. The summed E-state index contributed by atoms with van der Waals surface area (Å²) >= 11 is 0. The summed E-state index contributed by atoms with van der Waals surface area (Å²) < 4.78 is 22.6. The zero-order valence-electron chi connectivity index (χ0n) is 9.71. The second-order valence-corrected chi connectivity index (χ2v) is 7.24. The molecular formula is C11H22O2S. The molecule has 1 rings (SSSR count). The average molecular weight is 218 g/mol. The SMILES string of the molecule is CCCC1(C(C)C(C)C)CS(=O)(=O)C1. The van der Waals surface area contributed by atoms with Crippen molar-refractivity contribution in [2.24, 2.45) is 17.3 Å². The third-order valence-corrected chi connectivity index (χ3v) is 5.76. The van der Waals surface area contributed by atoms with Crippen molar-refractivity contribution < 1.29 is 8.42 Å². The van der Waals surface area contributed by atoms with Gasteiger partial charge in [-0.05, 0) is 18.3 Å². The fraction of sp³-hybridized carbons (Fsp3) is 1.00. The van der Waals surface area contributed by atoms with Crippen LogP contribution in [0.3, 0.4) is 0 Å². The van der Waals surface area contributed by atoms with Crippen LogP contribution in [0.5, 0.6) is 0 Å². The van der Waals surface area contributed by atoms with Gasteiger partial charge in [0.1, 0.15) is 0 Å². The molecule has 1 atom stereocenters. The quantitative estimate of drug-likeness (QED) is 0.726. The van der Waals surface area contributed by atoms with Crippen molar-refractivity contribution in [1.82, 2.24) is 0 Å². The summed E-state index contributed by atoms with van der Waals surface area (Å²) in [4.78, 5) is 0. The van der Waals surface area contributed by atoms with Gasteiger partial charge in [-0.1, -0.05) is 34.1 Å². The van der Waals surface area contributed by atoms with Crippen LogP contribution in [0.1, 0.15) is 40.5 Å². The highest BCUT2D eigenvalue weighted by Crippen LogP contribution is 2.46. The van der Waals surface area contributed by atoms with Crippen LogP contribution in [-0.4, -0.2) is 19.9 Å². The van der Waals surface area contributed by atoms with Gasteiger partial charge < -0.3 is 0 Å². The fourth-order valence-electron chi connectivity index (χ4n) is 2.67. The highest BCUT2D eigenvalue weighted by Gasteiger charge is 2.51. The Balaban J connectivity index is 2.76. The van der Waals surface area contributed by atoms with E-state index in [0.717, 1.165) is 12.8 Å². The van der Waals surface area contributed by atoms with Crippen LogP contribution in [-0.2, 0) is 9.84 Å². The minimum Gasteiger partial charge on any atom is -0.229 e. The topological polar surface area (TPSA) is 34.1 Å². The Bertz CT molecular complexity index is 278. The molecule has 0 aliphatic carbocycles. The Morgan fingerprint density at radius 2 is 1.71 bits per heavy atom. The molecule has 84 valence electrons. The molecule has 1 aliphatic heterocycles. The van der Waals surface area contributed by atoms with Crippen LogP contribution in [0.15, 0.2) is 0 Å². The Labute approximate surface area is 88.0 Å². The Hall–Kier alpha value is -0.0500. The van der Waals surface area contributed by atoms with Crippen molar-refractivity contribution in [3.63, 3.8) is 0 Å². The number of hydrogen-bond donors (Lipinski definition) is 0. The minimum absolute atomic E-state index is 0.0990. The van der Waals surface area contributed by atoms with E-state index in [2.05, 4.69) is 27.7 Å². The first-order valence-corrected chi connectivity index (χ1v) is 7.35. The van der Waals surface area contributed by atoms with Crippen molar-refractivity contribution in [2.75, 3.05) is 11.5 Å². The lowest BCUT2D eigenvalue weighted by molar-refractivity contribution is 0.147. The lowest BCUT2D eigenvalue weighted by Crippen LogP contribution is -2.53. The molecule has 0 aromatic rings. The number of sulfone groups is 1. The zero-order chi connectivity index (χ0) is 11.0. The van der Waals surface area contributed by atoms with Gasteiger partial charge in [-0.2, -0.15) is 0 Å². The van der Waals surface area contributed by atoms with Gasteiger partial charge in [0.05, 0.1) is 11.5 Å². The first kappa shape index (κ1) is 12.0. The first-order valence-electron chi connectivity index (χ1n) is 5.53. The van der Waals surface area contributed by atoms with Crippen molar-refractivity contribution in [1.29, 1.82) is 0 Å². The second-order valence-electron chi connectivity index (χ2n) is 5.18. The van der Waals surface area contributed by atoms with Crippen molar-refractivity contribution >= 4 is 9.84 Å². The smallest absolute Gasteiger partial charge is 0.151 e. The van der Waals surface area contributed by atoms with Gasteiger partial charge in [0.2, 0.25) is 0 Å². The highest BCUT2D eigenvalue weighted by molar-refractivity contribution is 7.92. The molecule has 0 aromatic carbocycles. The van der Waals surface area contributed by atoms with Crippen LogP contribution in [0.4, 0.5) is 0 Å². The monoisotopic (exact) mass is 218 g/mol. The van der Waals surface area contributed by atoms with Gasteiger partial charge in [0, 0.05) is 5.41 Å². The first-order chi connectivity index (χ1) is 6.33. The van der Waals surface area contributed by atoms with Crippen molar-refractivity contribution in [3.05, 3.63) is 0 Å². The van der Waals surface area contributed by atoms with Gasteiger partial charge in [-0.25, -0.2) is 8.42 Å². The third kappa shape index (κ3) is 2.13. The van der Waals surface area contributed by atoms with Crippen molar-refractivity contribution in [2.45, 2.75) is 40.5 Å². The molecule has 1 unspecified atom stereocenters. The summed E-state index contributed by atoms with van der Waals surface area (Å²) in [5, 5.41) is 0.